The molecule has 1 aromatic heterocycles. The molecule has 0 bridgehead atoms. The van der Waals surface area contributed by atoms with Gasteiger partial charge in [-0.05, 0) is 48.3 Å². The Labute approximate surface area is 174 Å². The highest BCUT2D eigenvalue weighted by atomic mass is 32.1. The molecule has 1 heterocycles. The molecule has 0 radical (unpaired) electrons. The van der Waals surface area contributed by atoms with E-state index in [9.17, 15) is 4.79 Å². The zero-order chi connectivity index (χ0) is 20.2. The zero-order valence-corrected chi connectivity index (χ0v) is 16.9. The molecule has 0 aliphatic heterocycles. The summed E-state index contributed by atoms with van der Waals surface area (Å²) in [5.74, 6) is 0.462. The van der Waals surface area contributed by atoms with Crippen molar-refractivity contribution in [2.75, 3.05) is 5.32 Å². The first kappa shape index (κ1) is 19.1. The van der Waals surface area contributed by atoms with Crippen LogP contribution < -0.4 is 10.6 Å². The fourth-order valence-electron chi connectivity index (χ4n) is 3.20. The highest BCUT2D eigenvalue weighted by molar-refractivity contribution is 7.80. The van der Waals surface area contributed by atoms with Gasteiger partial charge >= 0.3 is 0 Å². The van der Waals surface area contributed by atoms with Gasteiger partial charge in [-0.15, -0.1) is 0 Å². The number of unbranched alkanes of at least 4 members (excludes halogenated alkanes) is 1. The third-order valence-electron chi connectivity index (χ3n) is 4.66. The third kappa shape index (κ3) is 4.27. The third-order valence-corrected chi connectivity index (χ3v) is 4.87. The van der Waals surface area contributed by atoms with Gasteiger partial charge in [0.1, 0.15) is 5.52 Å². The van der Waals surface area contributed by atoms with Crippen molar-refractivity contribution in [2.24, 2.45) is 0 Å². The van der Waals surface area contributed by atoms with Gasteiger partial charge in [-0.25, -0.2) is 4.98 Å². The number of fused-ring (bicyclic) bond motifs is 3. The van der Waals surface area contributed by atoms with E-state index in [-0.39, 0.29) is 11.0 Å². The Balaban J connectivity index is 1.56. The van der Waals surface area contributed by atoms with Crippen molar-refractivity contribution in [1.82, 2.24) is 10.3 Å². The van der Waals surface area contributed by atoms with Gasteiger partial charge in [0.05, 0.1) is 0 Å². The summed E-state index contributed by atoms with van der Waals surface area (Å²) in [4.78, 5) is 16.6. The number of hydrogen-bond acceptors (Lipinski definition) is 4. The molecule has 0 saturated carbocycles. The molecule has 0 unspecified atom stereocenters. The monoisotopic (exact) mass is 403 g/mol. The predicted octanol–water partition coefficient (Wildman–Crippen LogP) is 5.65. The van der Waals surface area contributed by atoms with E-state index in [0.29, 0.717) is 12.3 Å². The van der Waals surface area contributed by atoms with Gasteiger partial charge in [0.25, 0.3) is 0 Å². The van der Waals surface area contributed by atoms with Crippen molar-refractivity contribution in [3.8, 4) is 11.5 Å². The molecular formula is C23H21N3O2S. The molecule has 0 fully saturated rings. The van der Waals surface area contributed by atoms with Crippen LogP contribution in [0.25, 0.3) is 33.3 Å². The SMILES string of the molecule is CCCCC(=O)NC(=S)Nc1cccc(-c2nc3c(ccc4ccccc43)o2)c1. The van der Waals surface area contributed by atoms with Gasteiger partial charge in [-0.3, -0.25) is 4.79 Å². The number of oxazole rings is 1. The summed E-state index contributed by atoms with van der Waals surface area (Å²) >= 11 is 5.25. The molecular weight excluding hydrogens is 382 g/mol. The predicted molar refractivity (Wildman–Crippen MR) is 121 cm³/mol. The molecule has 2 N–H and O–H groups in total. The summed E-state index contributed by atoms with van der Waals surface area (Å²) in [5, 5.41) is 8.23. The summed E-state index contributed by atoms with van der Waals surface area (Å²) in [7, 11) is 0. The van der Waals surface area contributed by atoms with Crippen molar-refractivity contribution >= 4 is 50.8 Å². The average molecular weight is 404 g/mol. The first-order valence-electron chi connectivity index (χ1n) is 9.63. The lowest BCUT2D eigenvalue weighted by atomic mass is 10.1. The van der Waals surface area contributed by atoms with Crippen LogP contribution in [0.15, 0.2) is 65.1 Å². The summed E-state index contributed by atoms with van der Waals surface area (Å²) in [6.07, 6.45) is 2.28. The number of hydrogen-bond donors (Lipinski definition) is 2. The largest absolute Gasteiger partial charge is 0.436 e. The van der Waals surface area contributed by atoms with E-state index >= 15 is 0 Å². The Hall–Kier alpha value is -3.25. The Morgan fingerprint density at radius 1 is 1.10 bits per heavy atom. The quantitative estimate of drug-likeness (QED) is 0.421. The lowest BCUT2D eigenvalue weighted by Crippen LogP contribution is -2.33. The fraction of sp³-hybridized carbons (Fsp3) is 0.174. The van der Waals surface area contributed by atoms with E-state index in [1.165, 1.54) is 0 Å². The number of rotatable bonds is 5. The maximum atomic E-state index is 11.8. The van der Waals surface area contributed by atoms with Gasteiger partial charge in [-0.2, -0.15) is 0 Å². The van der Waals surface area contributed by atoms with Gasteiger partial charge < -0.3 is 15.1 Å². The number of nitrogens with one attached hydrogen (secondary N) is 2. The Kier molecular flexibility index (Phi) is 5.53. The number of carbonyl (C=O) groups is 1. The number of carbonyl (C=O) groups excluding carboxylic acids is 1. The van der Waals surface area contributed by atoms with Crippen LogP contribution in [0, 0.1) is 0 Å². The van der Waals surface area contributed by atoms with Crippen LogP contribution in [0.4, 0.5) is 5.69 Å². The van der Waals surface area contributed by atoms with Crippen LogP contribution in [-0.4, -0.2) is 16.0 Å². The molecule has 0 atom stereocenters. The van der Waals surface area contributed by atoms with Gasteiger partial charge in [0.15, 0.2) is 10.7 Å². The highest BCUT2D eigenvalue weighted by Gasteiger charge is 2.12. The molecule has 4 rings (SSSR count). The minimum absolute atomic E-state index is 0.0775. The molecule has 146 valence electrons. The molecule has 0 aliphatic rings. The fourth-order valence-corrected chi connectivity index (χ4v) is 3.44. The molecule has 5 nitrogen and oxygen atoms in total. The van der Waals surface area contributed by atoms with Crippen LogP contribution in [0.1, 0.15) is 26.2 Å². The molecule has 0 spiro atoms. The van der Waals surface area contributed by atoms with Crippen LogP contribution >= 0.6 is 12.2 Å². The number of amides is 1. The number of thiocarbonyl (C=S) groups is 1. The standard InChI is InChI=1S/C23H21N3O2S/c1-2-3-11-20(27)25-23(29)24-17-9-6-8-16(14-17)22-26-21-18-10-5-4-7-15(18)12-13-19(21)28-22/h4-10,12-14H,2-3,11H2,1H3,(H2,24,25,27,29). The second kappa shape index (κ2) is 8.41. The van der Waals surface area contributed by atoms with Crippen molar-refractivity contribution in [2.45, 2.75) is 26.2 Å². The van der Waals surface area contributed by atoms with Crippen molar-refractivity contribution in [1.29, 1.82) is 0 Å². The Morgan fingerprint density at radius 2 is 1.97 bits per heavy atom. The van der Waals surface area contributed by atoms with Crippen LogP contribution in [0.2, 0.25) is 0 Å². The van der Waals surface area contributed by atoms with Gasteiger partial charge in [0.2, 0.25) is 11.8 Å². The minimum Gasteiger partial charge on any atom is -0.436 e. The number of aromatic nitrogens is 1. The molecule has 0 saturated heterocycles. The van der Waals surface area contributed by atoms with Crippen molar-refractivity contribution < 1.29 is 9.21 Å². The van der Waals surface area contributed by atoms with E-state index in [0.717, 1.165) is 46.0 Å². The summed E-state index contributed by atoms with van der Waals surface area (Å²) in [5.41, 5.74) is 3.18. The average Bonchev–Trinajstić information content (AvgIpc) is 3.17. The van der Waals surface area contributed by atoms with Crippen molar-refractivity contribution in [3.63, 3.8) is 0 Å². The second-order valence-electron chi connectivity index (χ2n) is 6.84. The Bertz CT molecular complexity index is 1200. The van der Waals surface area contributed by atoms with Crippen LogP contribution in [0.3, 0.4) is 0 Å². The molecule has 0 aliphatic carbocycles. The maximum absolute atomic E-state index is 11.8. The smallest absolute Gasteiger partial charge is 0.227 e. The number of anilines is 1. The summed E-state index contributed by atoms with van der Waals surface area (Å²) in [6.45, 7) is 2.05. The molecule has 4 aromatic rings. The summed E-state index contributed by atoms with van der Waals surface area (Å²) in [6, 6.07) is 19.7. The number of nitrogens with zero attached hydrogens (tertiary/aromatic N) is 1. The van der Waals surface area contributed by atoms with Crippen LogP contribution in [-0.2, 0) is 4.79 Å². The molecule has 6 heteroatoms. The van der Waals surface area contributed by atoms with E-state index in [1.807, 2.05) is 61.5 Å². The zero-order valence-electron chi connectivity index (χ0n) is 16.1. The van der Waals surface area contributed by atoms with Gasteiger partial charge in [-0.1, -0.05) is 49.7 Å². The van der Waals surface area contributed by atoms with Crippen molar-refractivity contribution in [3.05, 3.63) is 60.7 Å². The minimum atomic E-state index is -0.0775. The lowest BCUT2D eigenvalue weighted by molar-refractivity contribution is -0.119. The number of benzene rings is 3. The molecule has 3 aromatic carbocycles. The van der Waals surface area contributed by atoms with E-state index in [2.05, 4.69) is 16.7 Å². The van der Waals surface area contributed by atoms with E-state index in [1.54, 1.807) is 0 Å². The van der Waals surface area contributed by atoms with Crippen LogP contribution in [0.5, 0.6) is 0 Å². The first-order chi connectivity index (χ1) is 14.1. The summed E-state index contributed by atoms with van der Waals surface area (Å²) < 4.78 is 5.99. The molecule has 1 amide bonds. The lowest BCUT2D eigenvalue weighted by Gasteiger charge is -2.10. The topological polar surface area (TPSA) is 67.2 Å². The maximum Gasteiger partial charge on any atom is 0.227 e. The highest BCUT2D eigenvalue weighted by Crippen LogP contribution is 2.30. The Morgan fingerprint density at radius 3 is 2.83 bits per heavy atom. The second-order valence-corrected chi connectivity index (χ2v) is 7.25. The molecule has 29 heavy (non-hydrogen) atoms. The van der Waals surface area contributed by atoms with E-state index < -0.39 is 0 Å². The van der Waals surface area contributed by atoms with Gasteiger partial charge in [0, 0.05) is 23.1 Å². The van der Waals surface area contributed by atoms with E-state index in [4.69, 9.17) is 21.6 Å². The first-order valence-corrected chi connectivity index (χ1v) is 10.0. The normalized spacial score (nSPS) is 10.9.